The molecule has 0 amide bonds. The lowest BCUT2D eigenvalue weighted by Gasteiger charge is -2.41. The Bertz CT molecular complexity index is 620. The minimum atomic E-state index is 0.832. The predicted octanol–water partition coefficient (Wildman–Crippen LogP) is 2.45. The van der Waals surface area contributed by atoms with Crippen LogP contribution >= 0.6 is 0 Å². The summed E-state index contributed by atoms with van der Waals surface area (Å²) in [6.07, 6.45) is 7.01. The SMILES string of the molecule is Cc1nnc2ccc(N3CC[C@@H]4CCCC[C@H]4C3)nn12. The Kier molecular flexibility index (Phi) is 2.86. The minimum absolute atomic E-state index is 0.832. The first-order valence-electron chi connectivity index (χ1n) is 7.75. The largest absolute Gasteiger partial charge is 0.355 e. The topological polar surface area (TPSA) is 46.3 Å². The van der Waals surface area contributed by atoms with E-state index < -0.39 is 0 Å². The third kappa shape index (κ3) is 1.96. The number of aromatic nitrogens is 4. The molecule has 0 radical (unpaired) electrons. The van der Waals surface area contributed by atoms with Crippen LogP contribution in [0.5, 0.6) is 0 Å². The molecule has 3 heterocycles. The lowest BCUT2D eigenvalue weighted by molar-refractivity contribution is 0.202. The third-order valence-electron chi connectivity index (χ3n) is 5.02. The molecular weight excluding hydrogens is 250 g/mol. The van der Waals surface area contributed by atoms with E-state index in [2.05, 4.69) is 21.2 Å². The maximum absolute atomic E-state index is 4.71. The summed E-state index contributed by atoms with van der Waals surface area (Å²) in [5.41, 5.74) is 0.832. The van der Waals surface area contributed by atoms with Crippen LogP contribution in [-0.2, 0) is 0 Å². The Hall–Kier alpha value is -1.65. The van der Waals surface area contributed by atoms with Crippen LogP contribution in [0.25, 0.3) is 5.65 Å². The van der Waals surface area contributed by atoms with Crippen molar-refractivity contribution in [2.24, 2.45) is 11.8 Å². The van der Waals surface area contributed by atoms with E-state index in [9.17, 15) is 0 Å². The Morgan fingerprint density at radius 3 is 2.80 bits per heavy atom. The number of rotatable bonds is 1. The molecule has 1 aliphatic carbocycles. The molecule has 20 heavy (non-hydrogen) atoms. The molecule has 2 aliphatic rings. The Labute approximate surface area is 119 Å². The van der Waals surface area contributed by atoms with E-state index >= 15 is 0 Å². The molecule has 2 aromatic heterocycles. The van der Waals surface area contributed by atoms with Crippen LogP contribution in [0, 0.1) is 18.8 Å². The monoisotopic (exact) mass is 271 g/mol. The van der Waals surface area contributed by atoms with Crippen molar-refractivity contribution in [3.63, 3.8) is 0 Å². The van der Waals surface area contributed by atoms with Crippen LogP contribution in [0.3, 0.4) is 0 Å². The molecule has 2 atom stereocenters. The van der Waals surface area contributed by atoms with Crippen molar-refractivity contribution in [1.29, 1.82) is 0 Å². The third-order valence-corrected chi connectivity index (χ3v) is 5.02. The molecule has 0 aromatic carbocycles. The van der Waals surface area contributed by atoms with Crippen LogP contribution < -0.4 is 4.90 Å². The number of anilines is 1. The van der Waals surface area contributed by atoms with Crippen molar-refractivity contribution in [2.75, 3.05) is 18.0 Å². The molecule has 0 bridgehead atoms. The Balaban J connectivity index is 1.60. The highest BCUT2D eigenvalue weighted by molar-refractivity contribution is 5.46. The molecule has 1 saturated carbocycles. The van der Waals surface area contributed by atoms with Gasteiger partial charge in [0.1, 0.15) is 5.82 Å². The summed E-state index contributed by atoms with van der Waals surface area (Å²) >= 11 is 0. The fourth-order valence-corrected chi connectivity index (χ4v) is 3.86. The Morgan fingerprint density at radius 2 is 1.90 bits per heavy atom. The molecule has 1 saturated heterocycles. The first kappa shape index (κ1) is 12.1. The fraction of sp³-hybridized carbons (Fsp3) is 0.667. The van der Waals surface area contributed by atoms with Gasteiger partial charge < -0.3 is 4.90 Å². The van der Waals surface area contributed by atoms with E-state index in [-0.39, 0.29) is 0 Å². The van der Waals surface area contributed by atoms with Gasteiger partial charge in [-0.05, 0) is 43.7 Å². The van der Waals surface area contributed by atoms with E-state index in [1.807, 2.05) is 17.5 Å². The lowest BCUT2D eigenvalue weighted by Crippen LogP contribution is -2.42. The van der Waals surface area contributed by atoms with Gasteiger partial charge in [0.2, 0.25) is 0 Å². The van der Waals surface area contributed by atoms with Gasteiger partial charge in [-0.1, -0.05) is 19.3 Å². The number of piperidine rings is 1. The zero-order chi connectivity index (χ0) is 13.5. The molecule has 0 N–H and O–H groups in total. The highest BCUT2D eigenvalue weighted by atomic mass is 15.4. The highest BCUT2D eigenvalue weighted by Crippen LogP contribution is 2.37. The molecule has 0 spiro atoms. The van der Waals surface area contributed by atoms with Crippen molar-refractivity contribution >= 4 is 11.5 Å². The summed E-state index contributed by atoms with van der Waals surface area (Å²) in [5, 5.41) is 12.9. The first-order valence-corrected chi connectivity index (χ1v) is 7.75. The lowest BCUT2D eigenvalue weighted by atomic mass is 9.75. The van der Waals surface area contributed by atoms with Gasteiger partial charge in [-0.25, -0.2) is 0 Å². The highest BCUT2D eigenvalue weighted by Gasteiger charge is 2.31. The van der Waals surface area contributed by atoms with Crippen molar-refractivity contribution in [2.45, 2.75) is 39.0 Å². The number of fused-ring (bicyclic) bond motifs is 2. The number of aryl methyl sites for hydroxylation is 1. The minimum Gasteiger partial charge on any atom is -0.355 e. The summed E-state index contributed by atoms with van der Waals surface area (Å²) in [6.45, 7) is 4.26. The summed E-state index contributed by atoms with van der Waals surface area (Å²) in [7, 11) is 0. The summed E-state index contributed by atoms with van der Waals surface area (Å²) < 4.78 is 1.85. The van der Waals surface area contributed by atoms with Crippen molar-refractivity contribution < 1.29 is 0 Å². The smallest absolute Gasteiger partial charge is 0.178 e. The van der Waals surface area contributed by atoms with E-state index in [0.717, 1.165) is 35.7 Å². The first-order chi connectivity index (χ1) is 9.81. The maximum atomic E-state index is 4.71. The van der Waals surface area contributed by atoms with Crippen molar-refractivity contribution in [3.8, 4) is 0 Å². The second-order valence-corrected chi connectivity index (χ2v) is 6.25. The van der Waals surface area contributed by atoms with Crippen molar-refractivity contribution in [1.82, 2.24) is 19.8 Å². The zero-order valence-corrected chi connectivity index (χ0v) is 12.0. The van der Waals surface area contributed by atoms with Gasteiger partial charge in [0, 0.05) is 13.1 Å². The second-order valence-electron chi connectivity index (χ2n) is 6.25. The average Bonchev–Trinajstić information content (AvgIpc) is 2.88. The summed E-state index contributed by atoms with van der Waals surface area (Å²) in [5.74, 6) is 3.76. The van der Waals surface area contributed by atoms with Gasteiger partial charge in [0.05, 0.1) is 0 Å². The van der Waals surface area contributed by atoms with Gasteiger partial charge in [0.25, 0.3) is 0 Å². The molecule has 4 rings (SSSR count). The molecule has 2 aromatic rings. The van der Waals surface area contributed by atoms with E-state index in [1.54, 1.807) is 0 Å². The van der Waals surface area contributed by atoms with Crippen LogP contribution in [0.1, 0.15) is 37.9 Å². The van der Waals surface area contributed by atoms with Crippen LogP contribution in [0.4, 0.5) is 5.82 Å². The molecule has 5 heteroatoms. The number of hydrogen-bond donors (Lipinski definition) is 0. The van der Waals surface area contributed by atoms with Crippen LogP contribution in [-0.4, -0.2) is 32.9 Å². The second kappa shape index (κ2) is 4.72. The van der Waals surface area contributed by atoms with Crippen LogP contribution in [0.15, 0.2) is 12.1 Å². The molecule has 0 unspecified atom stereocenters. The fourth-order valence-electron chi connectivity index (χ4n) is 3.86. The standard InChI is InChI=1S/C15H21N5/c1-11-16-17-14-6-7-15(18-20(11)14)19-9-8-12-4-2-3-5-13(12)10-19/h6-7,12-13H,2-5,8-10H2,1H3/t12-,13-/m0/s1. The molecule has 106 valence electrons. The van der Waals surface area contributed by atoms with Gasteiger partial charge in [-0.15, -0.1) is 15.3 Å². The summed E-state index contributed by atoms with van der Waals surface area (Å²) in [6, 6.07) is 4.11. The summed E-state index contributed by atoms with van der Waals surface area (Å²) in [4.78, 5) is 2.45. The molecule has 2 fully saturated rings. The van der Waals surface area contributed by atoms with Gasteiger partial charge in [0.15, 0.2) is 11.5 Å². The van der Waals surface area contributed by atoms with Gasteiger partial charge in [-0.2, -0.15) is 4.52 Å². The molecule has 1 aliphatic heterocycles. The zero-order valence-electron chi connectivity index (χ0n) is 12.0. The van der Waals surface area contributed by atoms with Crippen LogP contribution in [0.2, 0.25) is 0 Å². The average molecular weight is 271 g/mol. The maximum Gasteiger partial charge on any atom is 0.178 e. The van der Waals surface area contributed by atoms with E-state index in [4.69, 9.17) is 5.10 Å². The van der Waals surface area contributed by atoms with E-state index in [0.29, 0.717) is 0 Å². The number of hydrogen-bond acceptors (Lipinski definition) is 4. The predicted molar refractivity (Wildman–Crippen MR) is 77.8 cm³/mol. The quantitative estimate of drug-likeness (QED) is 0.799. The van der Waals surface area contributed by atoms with Crippen molar-refractivity contribution in [3.05, 3.63) is 18.0 Å². The molecule has 5 nitrogen and oxygen atoms in total. The molecular formula is C15H21N5. The van der Waals surface area contributed by atoms with E-state index in [1.165, 1.54) is 38.6 Å². The Morgan fingerprint density at radius 1 is 1.05 bits per heavy atom. The number of nitrogens with zero attached hydrogens (tertiary/aromatic N) is 5. The van der Waals surface area contributed by atoms with Gasteiger partial charge in [-0.3, -0.25) is 0 Å². The van der Waals surface area contributed by atoms with Gasteiger partial charge >= 0.3 is 0 Å². The normalized spacial score (nSPS) is 26.8.